The van der Waals surface area contributed by atoms with Crippen molar-refractivity contribution in [2.75, 3.05) is 6.61 Å². The summed E-state index contributed by atoms with van der Waals surface area (Å²) in [6, 6.07) is 0.411. The average molecular weight is 185 g/mol. The molecule has 0 aromatic heterocycles. The zero-order valence-corrected chi connectivity index (χ0v) is 8.67. The van der Waals surface area contributed by atoms with Gasteiger partial charge in [-0.3, -0.25) is 4.79 Å². The summed E-state index contributed by atoms with van der Waals surface area (Å²) in [5, 5.41) is 3.30. The molecule has 1 aliphatic heterocycles. The summed E-state index contributed by atoms with van der Waals surface area (Å²) in [5.41, 5.74) is 0. The third-order valence-electron chi connectivity index (χ3n) is 2.72. The number of ether oxygens (including phenoxy) is 1. The molecular formula is C10H19NO2. The predicted molar refractivity (Wildman–Crippen MR) is 51.4 cm³/mol. The van der Waals surface area contributed by atoms with Crippen molar-refractivity contribution in [3.63, 3.8) is 0 Å². The Hall–Kier alpha value is -0.570. The minimum atomic E-state index is -0.0923. The summed E-state index contributed by atoms with van der Waals surface area (Å²) in [6.45, 7) is 6.64. The number of hydrogen-bond donors (Lipinski definition) is 1. The molecule has 3 atom stereocenters. The van der Waals surface area contributed by atoms with E-state index >= 15 is 0 Å². The van der Waals surface area contributed by atoms with Gasteiger partial charge in [-0.25, -0.2) is 0 Å². The molecule has 0 saturated carbocycles. The van der Waals surface area contributed by atoms with Gasteiger partial charge in [0.25, 0.3) is 0 Å². The van der Waals surface area contributed by atoms with Crippen molar-refractivity contribution in [1.82, 2.24) is 5.32 Å². The summed E-state index contributed by atoms with van der Waals surface area (Å²) in [7, 11) is 0. The van der Waals surface area contributed by atoms with Crippen molar-refractivity contribution in [3.8, 4) is 0 Å². The van der Waals surface area contributed by atoms with Crippen molar-refractivity contribution >= 4 is 5.97 Å². The minimum Gasteiger partial charge on any atom is -0.465 e. The third-order valence-corrected chi connectivity index (χ3v) is 2.72. The van der Waals surface area contributed by atoms with E-state index in [4.69, 9.17) is 4.74 Å². The van der Waals surface area contributed by atoms with Crippen molar-refractivity contribution in [3.05, 3.63) is 0 Å². The Morgan fingerprint density at radius 3 is 2.69 bits per heavy atom. The van der Waals surface area contributed by atoms with Gasteiger partial charge in [0.2, 0.25) is 0 Å². The second kappa shape index (κ2) is 4.61. The second-order valence-corrected chi connectivity index (χ2v) is 3.70. The van der Waals surface area contributed by atoms with Gasteiger partial charge in [-0.05, 0) is 25.7 Å². The number of rotatable bonds is 3. The molecule has 3 nitrogen and oxygen atoms in total. The van der Waals surface area contributed by atoms with E-state index in [1.165, 1.54) is 0 Å². The zero-order valence-electron chi connectivity index (χ0n) is 8.67. The summed E-state index contributed by atoms with van der Waals surface area (Å²) >= 11 is 0. The first-order valence-electron chi connectivity index (χ1n) is 5.11. The number of carbonyl (C=O) groups excluding carboxylic acids is 1. The molecule has 0 unspecified atom stereocenters. The summed E-state index contributed by atoms with van der Waals surface area (Å²) in [6.07, 6.45) is 1.99. The van der Waals surface area contributed by atoms with Gasteiger partial charge in [0.1, 0.15) is 6.04 Å². The van der Waals surface area contributed by atoms with Gasteiger partial charge in [-0.1, -0.05) is 13.8 Å². The fourth-order valence-electron chi connectivity index (χ4n) is 1.95. The number of esters is 1. The van der Waals surface area contributed by atoms with Crippen LogP contribution in [0.15, 0.2) is 0 Å². The van der Waals surface area contributed by atoms with E-state index in [9.17, 15) is 4.79 Å². The van der Waals surface area contributed by atoms with Crippen molar-refractivity contribution in [2.24, 2.45) is 5.92 Å². The molecule has 0 amide bonds. The van der Waals surface area contributed by atoms with Crippen LogP contribution in [0.4, 0.5) is 0 Å². The van der Waals surface area contributed by atoms with Crippen LogP contribution in [0.5, 0.6) is 0 Å². The standard InChI is InChI=1S/C10H19NO2/c1-4-8-7(3)6-9(11-8)10(12)13-5-2/h7-9,11H,4-6H2,1-3H3/t7-,8-,9-/m1/s1. The summed E-state index contributed by atoms with van der Waals surface area (Å²) < 4.78 is 4.97. The zero-order chi connectivity index (χ0) is 9.84. The molecule has 3 heteroatoms. The Bertz CT molecular complexity index is 182. The Kier molecular flexibility index (Phi) is 3.72. The van der Waals surface area contributed by atoms with E-state index in [2.05, 4.69) is 19.2 Å². The lowest BCUT2D eigenvalue weighted by atomic mass is 10.00. The largest absolute Gasteiger partial charge is 0.465 e. The van der Waals surface area contributed by atoms with Gasteiger partial charge >= 0.3 is 5.97 Å². The van der Waals surface area contributed by atoms with Crippen LogP contribution in [-0.4, -0.2) is 24.7 Å². The molecule has 0 spiro atoms. The molecule has 1 aliphatic rings. The van der Waals surface area contributed by atoms with Gasteiger partial charge in [-0.2, -0.15) is 0 Å². The second-order valence-electron chi connectivity index (χ2n) is 3.70. The highest BCUT2D eigenvalue weighted by atomic mass is 16.5. The third kappa shape index (κ3) is 2.44. The highest BCUT2D eigenvalue weighted by molar-refractivity contribution is 5.76. The van der Waals surface area contributed by atoms with Gasteiger partial charge < -0.3 is 10.1 Å². The maximum Gasteiger partial charge on any atom is 0.323 e. The molecule has 1 saturated heterocycles. The van der Waals surface area contributed by atoms with E-state index < -0.39 is 0 Å². The molecule has 1 rings (SSSR count). The SMILES string of the molecule is CCOC(=O)[C@H]1C[C@@H](C)[C@@H](CC)N1. The Balaban J connectivity index is 2.43. The number of nitrogens with one attached hydrogen (secondary N) is 1. The fraction of sp³-hybridized carbons (Fsp3) is 0.900. The van der Waals surface area contributed by atoms with Gasteiger partial charge in [-0.15, -0.1) is 0 Å². The fourth-order valence-corrected chi connectivity index (χ4v) is 1.95. The summed E-state index contributed by atoms with van der Waals surface area (Å²) in [5.74, 6) is 0.490. The highest BCUT2D eigenvalue weighted by Gasteiger charge is 2.34. The van der Waals surface area contributed by atoms with Crippen LogP contribution < -0.4 is 5.32 Å². The van der Waals surface area contributed by atoms with Gasteiger partial charge in [0.15, 0.2) is 0 Å². The number of carbonyl (C=O) groups is 1. The van der Waals surface area contributed by atoms with Crippen molar-refractivity contribution < 1.29 is 9.53 Å². The predicted octanol–water partition coefficient (Wildman–Crippen LogP) is 1.33. The van der Waals surface area contributed by atoms with E-state index in [0.717, 1.165) is 12.8 Å². The first-order valence-corrected chi connectivity index (χ1v) is 5.11. The Morgan fingerprint density at radius 2 is 2.23 bits per heavy atom. The van der Waals surface area contributed by atoms with E-state index in [-0.39, 0.29) is 12.0 Å². The van der Waals surface area contributed by atoms with E-state index in [1.54, 1.807) is 0 Å². The highest BCUT2D eigenvalue weighted by Crippen LogP contribution is 2.22. The number of hydrogen-bond acceptors (Lipinski definition) is 3. The Labute approximate surface area is 79.8 Å². The van der Waals surface area contributed by atoms with Crippen LogP contribution in [0.25, 0.3) is 0 Å². The van der Waals surface area contributed by atoms with Crippen LogP contribution >= 0.6 is 0 Å². The topological polar surface area (TPSA) is 38.3 Å². The van der Waals surface area contributed by atoms with E-state index in [1.807, 2.05) is 6.92 Å². The molecule has 0 radical (unpaired) electrons. The van der Waals surface area contributed by atoms with Gasteiger partial charge in [0.05, 0.1) is 6.61 Å². The molecule has 1 heterocycles. The molecule has 1 N–H and O–H groups in total. The molecule has 13 heavy (non-hydrogen) atoms. The van der Waals surface area contributed by atoms with Crippen LogP contribution in [-0.2, 0) is 9.53 Å². The van der Waals surface area contributed by atoms with Crippen LogP contribution in [0.1, 0.15) is 33.6 Å². The van der Waals surface area contributed by atoms with E-state index in [0.29, 0.717) is 18.6 Å². The Morgan fingerprint density at radius 1 is 1.54 bits per heavy atom. The maximum absolute atomic E-state index is 11.4. The monoisotopic (exact) mass is 185 g/mol. The maximum atomic E-state index is 11.4. The minimum absolute atomic E-state index is 0.0695. The molecule has 0 aromatic rings. The lowest BCUT2D eigenvalue weighted by Gasteiger charge is -2.12. The lowest BCUT2D eigenvalue weighted by Crippen LogP contribution is -2.36. The average Bonchev–Trinajstić information content (AvgIpc) is 2.47. The van der Waals surface area contributed by atoms with Crippen molar-refractivity contribution in [1.29, 1.82) is 0 Å². The quantitative estimate of drug-likeness (QED) is 0.674. The van der Waals surface area contributed by atoms with Crippen LogP contribution in [0.3, 0.4) is 0 Å². The first kappa shape index (κ1) is 10.5. The van der Waals surface area contributed by atoms with Crippen LogP contribution in [0, 0.1) is 5.92 Å². The molecule has 0 aromatic carbocycles. The van der Waals surface area contributed by atoms with Gasteiger partial charge in [0, 0.05) is 6.04 Å². The molecule has 0 bridgehead atoms. The normalized spacial score (nSPS) is 33.3. The molecule has 1 fully saturated rings. The first-order chi connectivity index (χ1) is 6.19. The molecular weight excluding hydrogens is 166 g/mol. The summed E-state index contributed by atoms with van der Waals surface area (Å²) in [4.78, 5) is 11.4. The molecule has 0 aliphatic carbocycles. The molecule has 76 valence electrons. The van der Waals surface area contributed by atoms with Crippen LogP contribution in [0.2, 0.25) is 0 Å². The van der Waals surface area contributed by atoms with Crippen molar-refractivity contribution in [2.45, 2.75) is 45.7 Å². The lowest BCUT2D eigenvalue weighted by molar-refractivity contribution is -0.145. The smallest absolute Gasteiger partial charge is 0.323 e.